The highest BCUT2D eigenvalue weighted by Gasteiger charge is 2.42. The molecule has 0 N–H and O–H groups in total. The van der Waals surface area contributed by atoms with Crippen molar-refractivity contribution in [3.63, 3.8) is 0 Å². The molecule has 23 heavy (non-hydrogen) atoms. The minimum Gasteiger partial charge on any atom is -0.347 e. The van der Waals surface area contributed by atoms with E-state index in [1.165, 1.54) is 4.31 Å². The lowest BCUT2D eigenvalue weighted by atomic mass is 9.87. The molecule has 2 fully saturated rings. The molecule has 3 rings (SSSR count). The molecular weight excluding hydrogens is 314 g/mol. The third-order valence-corrected chi connectivity index (χ3v) is 6.57. The summed E-state index contributed by atoms with van der Waals surface area (Å²) in [6, 6.07) is 7.23. The van der Waals surface area contributed by atoms with Crippen LogP contribution in [0.15, 0.2) is 29.2 Å². The van der Waals surface area contributed by atoms with Crippen LogP contribution in [0.5, 0.6) is 0 Å². The van der Waals surface area contributed by atoms with Crippen LogP contribution in [-0.4, -0.2) is 44.8 Å². The molecule has 2 aliphatic rings. The first-order valence-corrected chi connectivity index (χ1v) is 9.56. The van der Waals surface area contributed by atoms with Gasteiger partial charge in [-0.05, 0) is 23.1 Å². The molecule has 0 amide bonds. The van der Waals surface area contributed by atoms with Crippen LogP contribution in [0.3, 0.4) is 0 Å². The van der Waals surface area contributed by atoms with Crippen molar-refractivity contribution in [2.24, 2.45) is 0 Å². The van der Waals surface area contributed by atoms with Gasteiger partial charge in [0.25, 0.3) is 0 Å². The van der Waals surface area contributed by atoms with Crippen LogP contribution in [0, 0.1) is 0 Å². The van der Waals surface area contributed by atoms with Gasteiger partial charge >= 0.3 is 0 Å². The van der Waals surface area contributed by atoms with Crippen LogP contribution in [-0.2, 0) is 24.9 Å². The van der Waals surface area contributed by atoms with E-state index in [1.54, 1.807) is 12.1 Å². The predicted molar refractivity (Wildman–Crippen MR) is 87.8 cm³/mol. The van der Waals surface area contributed by atoms with Crippen LogP contribution in [0.4, 0.5) is 0 Å². The zero-order valence-corrected chi connectivity index (χ0v) is 14.9. The second kappa shape index (κ2) is 5.84. The summed E-state index contributed by atoms with van der Waals surface area (Å²) in [5, 5.41) is 0. The SMILES string of the molecule is CC(C)(C)c1ccc(S(=O)(=O)N2CCC3(CC2)OCCO3)cc1. The number of sulfonamides is 1. The third kappa shape index (κ3) is 3.31. The molecule has 1 aromatic rings. The number of rotatable bonds is 2. The van der Waals surface area contributed by atoms with Crippen molar-refractivity contribution in [2.75, 3.05) is 26.3 Å². The number of hydrogen-bond donors (Lipinski definition) is 0. The van der Waals surface area contributed by atoms with Crippen LogP contribution < -0.4 is 0 Å². The Bertz CT molecular complexity index is 645. The van der Waals surface area contributed by atoms with Crippen molar-refractivity contribution in [2.45, 2.75) is 49.7 Å². The summed E-state index contributed by atoms with van der Waals surface area (Å²) in [7, 11) is -3.45. The van der Waals surface area contributed by atoms with Crippen LogP contribution in [0.1, 0.15) is 39.2 Å². The molecule has 6 heteroatoms. The van der Waals surface area contributed by atoms with Gasteiger partial charge in [-0.1, -0.05) is 32.9 Å². The quantitative estimate of drug-likeness (QED) is 0.831. The van der Waals surface area contributed by atoms with Gasteiger partial charge in [-0.2, -0.15) is 4.31 Å². The number of benzene rings is 1. The Hall–Kier alpha value is -0.950. The van der Waals surface area contributed by atoms with Gasteiger partial charge in [-0.15, -0.1) is 0 Å². The lowest BCUT2D eigenvalue weighted by Crippen LogP contribution is -2.47. The Morgan fingerprint density at radius 3 is 2.00 bits per heavy atom. The molecule has 0 atom stereocenters. The van der Waals surface area contributed by atoms with E-state index in [4.69, 9.17) is 9.47 Å². The highest BCUT2D eigenvalue weighted by atomic mass is 32.2. The zero-order valence-electron chi connectivity index (χ0n) is 14.0. The standard InChI is InChI=1S/C17H25NO4S/c1-16(2,3)14-4-6-15(7-5-14)23(19,20)18-10-8-17(9-11-18)21-12-13-22-17/h4-7H,8-13H2,1-3H3. The molecule has 5 nitrogen and oxygen atoms in total. The van der Waals surface area contributed by atoms with E-state index < -0.39 is 15.8 Å². The average molecular weight is 339 g/mol. The van der Waals surface area contributed by atoms with Crippen LogP contribution >= 0.6 is 0 Å². The lowest BCUT2D eigenvalue weighted by molar-refractivity contribution is -0.179. The van der Waals surface area contributed by atoms with Gasteiger partial charge < -0.3 is 9.47 Å². The number of ether oxygens (including phenoxy) is 2. The maximum atomic E-state index is 12.8. The molecule has 0 aliphatic carbocycles. The molecule has 1 spiro atoms. The van der Waals surface area contributed by atoms with Gasteiger partial charge in [0.2, 0.25) is 10.0 Å². The average Bonchev–Trinajstić information content (AvgIpc) is 2.95. The Morgan fingerprint density at radius 2 is 1.52 bits per heavy atom. The van der Waals surface area contributed by atoms with Crippen molar-refractivity contribution in [3.8, 4) is 0 Å². The lowest BCUT2D eigenvalue weighted by Gasteiger charge is -2.36. The zero-order chi connectivity index (χ0) is 16.7. The Kier molecular flexibility index (Phi) is 4.29. The van der Waals surface area contributed by atoms with E-state index in [2.05, 4.69) is 20.8 Å². The number of nitrogens with zero attached hydrogens (tertiary/aromatic N) is 1. The fourth-order valence-electron chi connectivity index (χ4n) is 3.13. The predicted octanol–water partition coefficient (Wildman–Crippen LogP) is 2.51. The molecule has 128 valence electrons. The van der Waals surface area contributed by atoms with Crippen molar-refractivity contribution in [1.82, 2.24) is 4.31 Å². The largest absolute Gasteiger partial charge is 0.347 e. The first kappa shape index (κ1) is 16.9. The molecule has 2 aliphatic heterocycles. The van der Waals surface area contributed by atoms with Crippen molar-refractivity contribution in [3.05, 3.63) is 29.8 Å². The smallest absolute Gasteiger partial charge is 0.243 e. The normalized spacial score (nSPS) is 22.6. The Morgan fingerprint density at radius 1 is 1.00 bits per heavy atom. The highest BCUT2D eigenvalue weighted by Crippen LogP contribution is 2.33. The topological polar surface area (TPSA) is 55.8 Å². The van der Waals surface area contributed by atoms with Crippen LogP contribution in [0.25, 0.3) is 0 Å². The second-order valence-electron chi connectivity index (χ2n) is 7.29. The van der Waals surface area contributed by atoms with E-state index in [-0.39, 0.29) is 5.41 Å². The molecule has 2 heterocycles. The second-order valence-corrected chi connectivity index (χ2v) is 9.22. The number of hydrogen-bond acceptors (Lipinski definition) is 4. The molecule has 0 radical (unpaired) electrons. The first-order chi connectivity index (χ1) is 10.7. The molecule has 0 unspecified atom stereocenters. The van der Waals surface area contributed by atoms with E-state index in [9.17, 15) is 8.42 Å². The van der Waals surface area contributed by atoms with Gasteiger partial charge in [-0.3, -0.25) is 0 Å². The first-order valence-electron chi connectivity index (χ1n) is 8.12. The monoisotopic (exact) mass is 339 g/mol. The summed E-state index contributed by atoms with van der Waals surface area (Å²) >= 11 is 0. The third-order valence-electron chi connectivity index (χ3n) is 4.66. The van der Waals surface area contributed by atoms with Crippen molar-refractivity contribution >= 4 is 10.0 Å². The number of piperidine rings is 1. The molecule has 2 saturated heterocycles. The van der Waals surface area contributed by atoms with Crippen molar-refractivity contribution in [1.29, 1.82) is 0 Å². The molecule has 1 aromatic carbocycles. The van der Waals surface area contributed by atoms with Gasteiger partial charge in [0.1, 0.15) is 0 Å². The minimum absolute atomic E-state index is 0.0109. The van der Waals surface area contributed by atoms with Gasteiger partial charge in [0, 0.05) is 25.9 Å². The van der Waals surface area contributed by atoms with Gasteiger partial charge in [0.05, 0.1) is 18.1 Å². The molecule has 0 aromatic heterocycles. The molecular formula is C17H25NO4S. The summed E-state index contributed by atoms with van der Waals surface area (Å²) < 4.78 is 38.4. The van der Waals surface area contributed by atoms with E-state index in [0.717, 1.165) is 5.56 Å². The van der Waals surface area contributed by atoms with E-state index >= 15 is 0 Å². The highest BCUT2D eigenvalue weighted by molar-refractivity contribution is 7.89. The summed E-state index contributed by atoms with van der Waals surface area (Å²) in [6.45, 7) is 8.40. The summed E-state index contributed by atoms with van der Waals surface area (Å²) in [6.07, 6.45) is 1.18. The van der Waals surface area contributed by atoms with E-state index in [0.29, 0.717) is 44.0 Å². The molecule has 0 bridgehead atoms. The molecule has 0 saturated carbocycles. The van der Waals surface area contributed by atoms with Crippen LogP contribution in [0.2, 0.25) is 0 Å². The Balaban J connectivity index is 1.74. The fourth-order valence-corrected chi connectivity index (χ4v) is 4.57. The summed E-state index contributed by atoms with van der Waals surface area (Å²) in [5.41, 5.74) is 1.14. The fraction of sp³-hybridized carbons (Fsp3) is 0.647. The Labute approximate surface area is 138 Å². The van der Waals surface area contributed by atoms with Gasteiger partial charge in [-0.25, -0.2) is 8.42 Å². The van der Waals surface area contributed by atoms with E-state index in [1.807, 2.05) is 12.1 Å². The minimum atomic E-state index is -3.45. The summed E-state index contributed by atoms with van der Waals surface area (Å²) in [5.74, 6) is -0.553. The summed E-state index contributed by atoms with van der Waals surface area (Å²) in [4.78, 5) is 0.356. The van der Waals surface area contributed by atoms with Gasteiger partial charge in [0.15, 0.2) is 5.79 Å². The maximum absolute atomic E-state index is 12.8. The van der Waals surface area contributed by atoms with Crippen molar-refractivity contribution < 1.29 is 17.9 Å². The maximum Gasteiger partial charge on any atom is 0.243 e.